The van der Waals surface area contributed by atoms with E-state index in [0.717, 1.165) is 66.7 Å². The summed E-state index contributed by atoms with van der Waals surface area (Å²) in [7, 11) is 2.17. The standard InChI is InChI=1S/C29H39ClN10S2/c1-40(17-12-25(26-7-3-5-13-34-26)22-8-10-23(30)11-9-22)16-6-2-4-14-35-28(37-21-31)36-15-18-41-19-24-20-42-29(38-24)39-27(32)33/h3,5,7-11,13,20,25H,2,4,6,12,14-19H2,1H3,(H2,35,36,37)(H4,32,33,38,39). The molecule has 0 aliphatic rings. The maximum Gasteiger partial charge on any atom is 0.212 e. The van der Waals surface area contributed by atoms with E-state index in [1.54, 1.807) is 11.8 Å². The fraction of sp³-hybridized carbons (Fsp3) is 0.414. The molecule has 6 N–H and O–H groups in total. The van der Waals surface area contributed by atoms with Crippen LogP contribution < -0.4 is 22.1 Å². The molecule has 0 aliphatic carbocycles. The first kappa shape index (κ1) is 33.1. The number of benzene rings is 1. The lowest BCUT2D eigenvalue weighted by molar-refractivity contribution is 0.314. The van der Waals surface area contributed by atoms with Crippen molar-refractivity contribution in [1.82, 2.24) is 25.5 Å². The van der Waals surface area contributed by atoms with E-state index in [1.807, 2.05) is 42.0 Å². The van der Waals surface area contributed by atoms with E-state index in [-0.39, 0.29) is 11.9 Å². The highest BCUT2D eigenvalue weighted by molar-refractivity contribution is 7.98. The van der Waals surface area contributed by atoms with Gasteiger partial charge < -0.3 is 21.7 Å². The Morgan fingerprint density at radius 3 is 2.74 bits per heavy atom. The van der Waals surface area contributed by atoms with Gasteiger partial charge in [-0.25, -0.2) is 4.98 Å². The van der Waals surface area contributed by atoms with Gasteiger partial charge in [0.2, 0.25) is 11.1 Å². The molecule has 2 heterocycles. The number of thiazole rings is 1. The Morgan fingerprint density at radius 1 is 1.17 bits per heavy atom. The van der Waals surface area contributed by atoms with E-state index >= 15 is 0 Å². The molecule has 3 rings (SSSR count). The van der Waals surface area contributed by atoms with Crippen molar-refractivity contribution >= 4 is 51.8 Å². The lowest BCUT2D eigenvalue weighted by Crippen LogP contribution is -2.36. The predicted octanol–water partition coefficient (Wildman–Crippen LogP) is 4.67. The topological polar surface area (TPSA) is 154 Å². The van der Waals surface area contributed by atoms with Crippen molar-refractivity contribution in [3.63, 3.8) is 0 Å². The zero-order valence-electron chi connectivity index (χ0n) is 23.9. The first-order valence-corrected chi connectivity index (χ1v) is 16.3. The molecule has 0 saturated heterocycles. The Hall–Kier alpha value is -3.37. The van der Waals surface area contributed by atoms with Crippen LogP contribution in [0.3, 0.4) is 0 Å². The molecule has 1 unspecified atom stereocenters. The molecule has 224 valence electrons. The number of nitrogens with two attached hydrogens (primary N) is 2. The Bertz CT molecular complexity index is 1290. The van der Waals surface area contributed by atoms with Gasteiger partial charge in [-0.15, -0.1) is 11.3 Å². The lowest BCUT2D eigenvalue weighted by Gasteiger charge is -2.22. The van der Waals surface area contributed by atoms with Gasteiger partial charge in [0, 0.05) is 52.8 Å². The van der Waals surface area contributed by atoms with Crippen molar-refractivity contribution in [1.29, 1.82) is 5.26 Å². The third kappa shape index (κ3) is 12.7. The highest BCUT2D eigenvalue weighted by Gasteiger charge is 2.16. The van der Waals surface area contributed by atoms with Crippen molar-refractivity contribution in [2.75, 3.05) is 39.0 Å². The largest absolute Gasteiger partial charge is 0.370 e. The van der Waals surface area contributed by atoms with Gasteiger partial charge in [0.25, 0.3) is 0 Å². The normalized spacial score (nSPS) is 12.1. The van der Waals surface area contributed by atoms with Gasteiger partial charge >= 0.3 is 0 Å². The number of thioether (sulfide) groups is 1. The summed E-state index contributed by atoms with van der Waals surface area (Å²) in [4.78, 5) is 19.9. The van der Waals surface area contributed by atoms with Crippen molar-refractivity contribution in [3.8, 4) is 6.19 Å². The van der Waals surface area contributed by atoms with Crippen LogP contribution >= 0.6 is 34.7 Å². The first-order valence-electron chi connectivity index (χ1n) is 13.8. The molecular weight excluding hydrogens is 588 g/mol. The first-order chi connectivity index (χ1) is 20.4. The minimum atomic E-state index is 0.00767. The van der Waals surface area contributed by atoms with Gasteiger partial charge in [0.15, 0.2) is 12.2 Å². The number of hydrogen-bond donors (Lipinski definition) is 4. The van der Waals surface area contributed by atoms with Crippen molar-refractivity contribution < 1.29 is 0 Å². The van der Waals surface area contributed by atoms with E-state index < -0.39 is 0 Å². The number of pyridine rings is 1. The molecule has 10 nitrogen and oxygen atoms in total. The van der Waals surface area contributed by atoms with Gasteiger partial charge in [-0.3, -0.25) is 15.3 Å². The van der Waals surface area contributed by atoms with Gasteiger partial charge in [-0.1, -0.05) is 36.2 Å². The van der Waals surface area contributed by atoms with Gasteiger partial charge in [-0.2, -0.15) is 22.0 Å². The summed E-state index contributed by atoms with van der Waals surface area (Å²) in [5.74, 6) is 2.35. The number of nitriles is 1. The fourth-order valence-corrected chi connectivity index (χ4v) is 5.91. The lowest BCUT2D eigenvalue weighted by atomic mass is 9.92. The summed E-state index contributed by atoms with van der Waals surface area (Å²) in [6.07, 6.45) is 7.92. The van der Waals surface area contributed by atoms with Crippen LogP contribution in [0.1, 0.15) is 48.6 Å². The van der Waals surface area contributed by atoms with Crippen LogP contribution in [-0.4, -0.2) is 65.8 Å². The summed E-state index contributed by atoms with van der Waals surface area (Å²) in [5, 5.41) is 18.2. The quantitative estimate of drug-likeness (QED) is 0.0550. The highest BCUT2D eigenvalue weighted by Crippen LogP contribution is 2.28. The highest BCUT2D eigenvalue weighted by atomic mass is 35.5. The van der Waals surface area contributed by atoms with Gasteiger partial charge in [-0.05, 0) is 69.2 Å². The van der Waals surface area contributed by atoms with Gasteiger partial charge in [0.05, 0.1) is 5.69 Å². The van der Waals surface area contributed by atoms with Crippen LogP contribution in [0.25, 0.3) is 0 Å². The van der Waals surface area contributed by atoms with Crippen LogP contribution in [-0.2, 0) is 5.75 Å². The molecule has 0 aliphatic heterocycles. The van der Waals surface area contributed by atoms with Crippen LogP contribution in [0.2, 0.25) is 5.02 Å². The van der Waals surface area contributed by atoms with Crippen LogP contribution in [0.5, 0.6) is 0 Å². The van der Waals surface area contributed by atoms with Crippen molar-refractivity contribution in [2.45, 2.75) is 37.4 Å². The number of aromatic nitrogens is 2. The molecular formula is C29H39ClN10S2. The smallest absolute Gasteiger partial charge is 0.212 e. The zero-order valence-corrected chi connectivity index (χ0v) is 26.3. The van der Waals surface area contributed by atoms with Crippen molar-refractivity contribution in [2.24, 2.45) is 21.5 Å². The summed E-state index contributed by atoms with van der Waals surface area (Å²) >= 11 is 9.26. The maximum atomic E-state index is 9.06. The van der Waals surface area contributed by atoms with Crippen LogP contribution in [0.4, 0.5) is 5.13 Å². The number of rotatable bonds is 17. The van der Waals surface area contributed by atoms with E-state index in [2.05, 4.69) is 60.7 Å². The number of nitrogens with zero attached hydrogens (tertiary/aromatic N) is 6. The number of guanidine groups is 2. The van der Waals surface area contributed by atoms with Crippen LogP contribution in [0, 0.1) is 11.5 Å². The molecule has 0 fully saturated rings. The molecule has 0 bridgehead atoms. The second kappa shape index (κ2) is 18.9. The monoisotopic (exact) mass is 626 g/mol. The molecule has 1 atom stereocenters. The van der Waals surface area contributed by atoms with Crippen LogP contribution in [0.15, 0.2) is 64.0 Å². The Labute approximate surface area is 261 Å². The molecule has 13 heteroatoms. The molecule has 3 aromatic rings. The van der Waals surface area contributed by atoms with E-state index in [0.29, 0.717) is 24.2 Å². The van der Waals surface area contributed by atoms with Gasteiger partial charge in [0.1, 0.15) is 0 Å². The molecule has 0 radical (unpaired) electrons. The molecule has 0 spiro atoms. The summed E-state index contributed by atoms with van der Waals surface area (Å²) < 4.78 is 0. The molecule has 42 heavy (non-hydrogen) atoms. The second-order valence-electron chi connectivity index (χ2n) is 9.62. The fourth-order valence-electron chi connectivity index (χ4n) is 4.22. The third-order valence-electron chi connectivity index (χ3n) is 6.31. The van der Waals surface area contributed by atoms with E-state index in [4.69, 9.17) is 28.3 Å². The minimum Gasteiger partial charge on any atom is -0.370 e. The Kier molecular flexibility index (Phi) is 14.9. The molecule has 0 amide bonds. The SMILES string of the molecule is CN(CCCCCN=C(NC#N)NCCSCc1csc(N=C(N)N)n1)CCC(c1ccc(Cl)cc1)c1ccccn1. The molecule has 0 saturated carbocycles. The number of halogens is 1. The average molecular weight is 627 g/mol. The third-order valence-corrected chi connectivity index (χ3v) is 8.34. The van der Waals surface area contributed by atoms with E-state index in [9.17, 15) is 0 Å². The van der Waals surface area contributed by atoms with Crippen molar-refractivity contribution in [3.05, 3.63) is 76.0 Å². The Morgan fingerprint density at radius 2 is 2.00 bits per heavy atom. The summed E-state index contributed by atoms with van der Waals surface area (Å²) in [6.45, 7) is 3.34. The summed E-state index contributed by atoms with van der Waals surface area (Å²) in [6, 6.07) is 14.2. The Balaban J connectivity index is 1.31. The number of nitrogens with one attached hydrogen (secondary N) is 2. The number of hydrogen-bond acceptors (Lipinski definition) is 8. The molecule has 1 aromatic carbocycles. The molecule has 2 aromatic heterocycles. The average Bonchev–Trinajstić information content (AvgIpc) is 3.42. The summed E-state index contributed by atoms with van der Waals surface area (Å²) in [5.41, 5.74) is 14.0. The zero-order chi connectivity index (χ0) is 30.0. The maximum absolute atomic E-state index is 9.06. The minimum absolute atomic E-state index is 0.00767. The number of aliphatic imine (C=N–C) groups is 2. The number of unbranched alkanes of at least 4 members (excludes halogenated alkanes) is 2. The van der Waals surface area contributed by atoms with E-state index in [1.165, 1.54) is 16.9 Å². The second-order valence-corrected chi connectivity index (χ2v) is 12.0. The predicted molar refractivity (Wildman–Crippen MR) is 176 cm³/mol.